The standard InChI is InChI=1S/C23H27NO3/c1-16-2-4-17(5-3-16)10-23(27)11-19-13-24(14-20(19)12-23)15-22(26)18-6-8-21(25)9-7-18/h2-9,19-20,25,27H,10-15H2,1H3/t19-,20+,23-. The molecule has 0 bridgehead atoms. The summed E-state index contributed by atoms with van der Waals surface area (Å²) in [5.41, 5.74) is 2.46. The van der Waals surface area contributed by atoms with E-state index in [0.29, 0.717) is 30.4 Å². The van der Waals surface area contributed by atoms with E-state index in [9.17, 15) is 15.0 Å². The lowest BCUT2D eigenvalue weighted by molar-refractivity contribution is 0.0355. The van der Waals surface area contributed by atoms with Gasteiger partial charge < -0.3 is 10.2 Å². The molecule has 4 nitrogen and oxygen atoms in total. The fraction of sp³-hybridized carbons (Fsp3) is 0.435. The van der Waals surface area contributed by atoms with Crippen LogP contribution in [0.2, 0.25) is 0 Å². The van der Waals surface area contributed by atoms with Crippen LogP contribution in [0.3, 0.4) is 0 Å². The van der Waals surface area contributed by atoms with Crippen molar-refractivity contribution in [3.05, 3.63) is 65.2 Å². The first-order valence-corrected chi connectivity index (χ1v) is 9.73. The van der Waals surface area contributed by atoms with Crippen molar-refractivity contribution in [3.8, 4) is 5.75 Å². The van der Waals surface area contributed by atoms with E-state index in [1.807, 2.05) is 0 Å². The van der Waals surface area contributed by atoms with Crippen molar-refractivity contribution >= 4 is 5.78 Å². The minimum absolute atomic E-state index is 0.0879. The summed E-state index contributed by atoms with van der Waals surface area (Å²) in [5.74, 6) is 1.20. The van der Waals surface area contributed by atoms with E-state index >= 15 is 0 Å². The van der Waals surface area contributed by atoms with Crippen LogP contribution in [-0.4, -0.2) is 46.1 Å². The quantitative estimate of drug-likeness (QED) is 0.799. The number of rotatable bonds is 5. The number of aliphatic hydroxyl groups is 1. The average Bonchev–Trinajstić information content (AvgIpc) is 3.11. The Hall–Kier alpha value is -2.17. The summed E-state index contributed by atoms with van der Waals surface area (Å²) in [6.07, 6.45) is 2.34. The highest BCUT2D eigenvalue weighted by Gasteiger charge is 2.48. The molecule has 142 valence electrons. The molecule has 4 rings (SSSR count). The van der Waals surface area contributed by atoms with Gasteiger partial charge in [0.25, 0.3) is 0 Å². The topological polar surface area (TPSA) is 60.8 Å². The van der Waals surface area contributed by atoms with E-state index in [1.165, 1.54) is 11.1 Å². The Morgan fingerprint density at radius 3 is 2.22 bits per heavy atom. The van der Waals surface area contributed by atoms with E-state index in [0.717, 1.165) is 25.9 Å². The Bertz CT molecular complexity index is 799. The maximum Gasteiger partial charge on any atom is 0.176 e. The molecular formula is C23H27NO3. The highest BCUT2D eigenvalue weighted by Crippen LogP contribution is 2.45. The summed E-state index contributed by atoms with van der Waals surface area (Å²) >= 11 is 0. The van der Waals surface area contributed by atoms with E-state index in [-0.39, 0.29) is 11.5 Å². The number of Topliss-reactive ketones (excluding diaryl/α,β-unsaturated/α-hetero) is 1. The molecule has 2 fully saturated rings. The van der Waals surface area contributed by atoms with Crippen molar-refractivity contribution in [1.29, 1.82) is 0 Å². The van der Waals surface area contributed by atoms with Crippen molar-refractivity contribution in [3.63, 3.8) is 0 Å². The SMILES string of the molecule is Cc1ccc(C[C@]2(O)C[C@H]3CN(CC(=O)c4ccc(O)cc4)C[C@H]3C2)cc1. The molecule has 2 aromatic carbocycles. The fourth-order valence-electron chi connectivity index (χ4n) is 4.86. The largest absolute Gasteiger partial charge is 0.508 e. The maximum absolute atomic E-state index is 12.5. The van der Waals surface area contributed by atoms with Crippen LogP contribution in [-0.2, 0) is 6.42 Å². The molecule has 2 aliphatic rings. The van der Waals surface area contributed by atoms with Crippen molar-refractivity contribution in [2.45, 2.75) is 31.8 Å². The zero-order valence-electron chi connectivity index (χ0n) is 15.8. The van der Waals surface area contributed by atoms with Gasteiger partial charge in [-0.15, -0.1) is 0 Å². The predicted octanol–water partition coefficient (Wildman–Crippen LogP) is 3.20. The van der Waals surface area contributed by atoms with Gasteiger partial charge >= 0.3 is 0 Å². The normalized spacial score (nSPS) is 27.6. The predicted molar refractivity (Wildman–Crippen MR) is 105 cm³/mol. The summed E-state index contributed by atoms with van der Waals surface area (Å²) in [6.45, 7) is 4.25. The van der Waals surface area contributed by atoms with Gasteiger partial charge in [0, 0.05) is 25.1 Å². The number of carbonyl (C=O) groups is 1. The van der Waals surface area contributed by atoms with Crippen LogP contribution in [0.15, 0.2) is 48.5 Å². The Balaban J connectivity index is 1.33. The zero-order valence-corrected chi connectivity index (χ0v) is 15.8. The van der Waals surface area contributed by atoms with E-state index < -0.39 is 5.60 Å². The first-order chi connectivity index (χ1) is 12.9. The Morgan fingerprint density at radius 1 is 1.04 bits per heavy atom. The monoisotopic (exact) mass is 365 g/mol. The lowest BCUT2D eigenvalue weighted by Gasteiger charge is -2.26. The molecule has 0 radical (unpaired) electrons. The first kappa shape index (κ1) is 18.2. The summed E-state index contributed by atoms with van der Waals surface area (Å²) in [6, 6.07) is 14.9. The molecular weight excluding hydrogens is 338 g/mol. The van der Waals surface area contributed by atoms with Crippen LogP contribution in [0.4, 0.5) is 0 Å². The number of carbonyl (C=O) groups excluding carboxylic acids is 1. The average molecular weight is 365 g/mol. The molecule has 0 spiro atoms. The summed E-state index contributed by atoms with van der Waals surface area (Å²) in [4.78, 5) is 14.7. The molecule has 1 saturated carbocycles. The highest BCUT2D eigenvalue weighted by molar-refractivity contribution is 5.97. The fourth-order valence-corrected chi connectivity index (χ4v) is 4.86. The maximum atomic E-state index is 12.5. The second-order valence-electron chi connectivity index (χ2n) is 8.48. The molecule has 3 atom stereocenters. The lowest BCUT2D eigenvalue weighted by Crippen LogP contribution is -2.34. The molecule has 1 saturated heterocycles. The van der Waals surface area contributed by atoms with Crippen molar-refractivity contribution in [2.75, 3.05) is 19.6 Å². The Kier molecular flexibility index (Phi) is 4.79. The van der Waals surface area contributed by atoms with Crippen LogP contribution in [0.25, 0.3) is 0 Å². The van der Waals surface area contributed by atoms with Crippen molar-refractivity contribution < 1.29 is 15.0 Å². The third kappa shape index (κ3) is 4.07. The molecule has 27 heavy (non-hydrogen) atoms. The molecule has 0 aromatic heterocycles. The van der Waals surface area contributed by atoms with Gasteiger partial charge in [0.05, 0.1) is 12.1 Å². The molecule has 1 heterocycles. The third-order valence-corrected chi connectivity index (χ3v) is 6.15. The molecule has 2 aromatic rings. The molecule has 1 aliphatic heterocycles. The number of aromatic hydroxyl groups is 1. The third-order valence-electron chi connectivity index (χ3n) is 6.15. The second kappa shape index (κ2) is 7.10. The second-order valence-corrected chi connectivity index (χ2v) is 8.48. The van der Waals surface area contributed by atoms with Gasteiger partial charge in [-0.25, -0.2) is 0 Å². The van der Waals surface area contributed by atoms with Crippen molar-refractivity contribution in [1.82, 2.24) is 4.90 Å². The number of phenols is 1. The van der Waals surface area contributed by atoms with Gasteiger partial charge in [-0.05, 0) is 61.4 Å². The van der Waals surface area contributed by atoms with Gasteiger partial charge in [-0.1, -0.05) is 29.8 Å². The minimum Gasteiger partial charge on any atom is -0.508 e. The molecule has 1 aliphatic carbocycles. The van der Waals surface area contributed by atoms with Crippen LogP contribution in [0.5, 0.6) is 5.75 Å². The first-order valence-electron chi connectivity index (χ1n) is 9.73. The lowest BCUT2D eigenvalue weighted by atomic mass is 9.91. The van der Waals surface area contributed by atoms with Gasteiger partial charge in [0.2, 0.25) is 0 Å². The number of ketones is 1. The van der Waals surface area contributed by atoms with E-state index in [2.05, 4.69) is 36.1 Å². The van der Waals surface area contributed by atoms with Gasteiger partial charge in [-0.2, -0.15) is 0 Å². The van der Waals surface area contributed by atoms with Crippen molar-refractivity contribution in [2.24, 2.45) is 11.8 Å². The van der Waals surface area contributed by atoms with Gasteiger partial charge in [0.15, 0.2) is 5.78 Å². The molecule has 0 amide bonds. The smallest absolute Gasteiger partial charge is 0.176 e. The molecule has 0 unspecified atom stereocenters. The number of aryl methyl sites for hydroxylation is 1. The summed E-state index contributed by atoms with van der Waals surface area (Å²) < 4.78 is 0. The Morgan fingerprint density at radius 2 is 1.63 bits per heavy atom. The molecule has 2 N–H and O–H groups in total. The number of likely N-dealkylation sites (tertiary alicyclic amines) is 1. The number of hydrogen-bond acceptors (Lipinski definition) is 4. The van der Waals surface area contributed by atoms with Crippen LogP contribution >= 0.6 is 0 Å². The van der Waals surface area contributed by atoms with Gasteiger partial charge in [0.1, 0.15) is 5.75 Å². The highest BCUT2D eigenvalue weighted by atomic mass is 16.3. The number of benzene rings is 2. The number of hydrogen-bond donors (Lipinski definition) is 2. The van der Waals surface area contributed by atoms with Gasteiger partial charge in [-0.3, -0.25) is 9.69 Å². The van der Waals surface area contributed by atoms with E-state index in [1.54, 1.807) is 24.3 Å². The number of fused-ring (bicyclic) bond motifs is 1. The van der Waals surface area contributed by atoms with E-state index in [4.69, 9.17) is 0 Å². The van der Waals surface area contributed by atoms with Crippen LogP contribution in [0.1, 0.15) is 34.3 Å². The van der Waals surface area contributed by atoms with Crippen LogP contribution < -0.4 is 0 Å². The molecule has 4 heteroatoms. The Labute approximate surface area is 160 Å². The number of phenolic OH excluding ortho intramolecular Hbond substituents is 1. The summed E-state index contributed by atoms with van der Waals surface area (Å²) in [7, 11) is 0. The number of nitrogens with zero attached hydrogens (tertiary/aromatic N) is 1. The summed E-state index contributed by atoms with van der Waals surface area (Å²) in [5, 5.41) is 20.4. The van der Waals surface area contributed by atoms with Crippen LogP contribution in [0, 0.1) is 18.8 Å². The zero-order chi connectivity index (χ0) is 19.0. The minimum atomic E-state index is -0.613.